The van der Waals surface area contributed by atoms with Crippen molar-refractivity contribution < 1.29 is 9.66 Å². The van der Waals surface area contributed by atoms with Crippen LogP contribution in [0.25, 0.3) is 10.9 Å². The number of para-hydroxylation sites is 1. The van der Waals surface area contributed by atoms with Gasteiger partial charge >= 0.3 is 0 Å². The summed E-state index contributed by atoms with van der Waals surface area (Å²) in [5, 5.41) is 11.4. The Morgan fingerprint density at radius 1 is 1.05 bits per heavy atom. The highest BCUT2D eigenvalue weighted by Gasteiger charge is 2.06. The quantitative estimate of drug-likeness (QED) is 0.542. The van der Waals surface area contributed by atoms with Crippen molar-refractivity contribution in [1.82, 2.24) is 9.97 Å². The molecule has 1 aromatic heterocycles. The maximum absolute atomic E-state index is 10.6. The minimum absolute atomic E-state index is 0.0613. The molecule has 3 aromatic rings. The molecule has 0 saturated heterocycles. The number of aromatic nitrogens is 2. The first-order chi connectivity index (χ1) is 10.2. The van der Waals surface area contributed by atoms with Gasteiger partial charge in [-0.2, -0.15) is 0 Å². The van der Waals surface area contributed by atoms with Crippen LogP contribution in [0.3, 0.4) is 0 Å². The molecule has 6 heteroatoms. The van der Waals surface area contributed by atoms with Crippen LogP contribution in [0.15, 0.2) is 54.9 Å². The van der Waals surface area contributed by atoms with Gasteiger partial charge in [-0.25, -0.2) is 9.97 Å². The van der Waals surface area contributed by atoms with Gasteiger partial charge in [0.05, 0.1) is 15.8 Å². The van der Waals surface area contributed by atoms with E-state index in [-0.39, 0.29) is 5.69 Å². The molecule has 0 saturated carbocycles. The van der Waals surface area contributed by atoms with Gasteiger partial charge in [0.1, 0.15) is 12.9 Å². The highest BCUT2D eigenvalue weighted by molar-refractivity contribution is 5.82. The molecule has 3 rings (SSSR count). The van der Waals surface area contributed by atoms with Crippen molar-refractivity contribution in [2.45, 2.75) is 6.61 Å². The summed E-state index contributed by atoms with van der Waals surface area (Å²) in [6.07, 6.45) is 1.45. The van der Waals surface area contributed by atoms with E-state index in [9.17, 15) is 10.1 Å². The number of hydrogen-bond donors (Lipinski definition) is 0. The molecule has 0 fully saturated rings. The third kappa shape index (κ3) is 2.79. The normalized spacial score (nSPS) is 10.5. The van der Waals surface area contributed by atoms with Crippen molar-refractivity contribution in [3.63, 3.8) is 0 Å². The molecule has 1 heterocycles. The van der Waals surface area contributed by atoms with E-state index in [4.69, 9.17) is 4.74 Å². The van der Waals surface area contributed by atoms with Gasteiger partial charge in [-0.15, -0.1) is 0 Å². The van der Waals surface area contributed by atoms with Crippen LogP contribution < -0.4 is 4.74 Å². The number of non-ortho nitro benzene ring substituents is 1. The summed E-state index contributed by atoms with van der Waals surface area (Å²) in [5.41, 5.74) is 1.71. The predicted octanol–water partition coefficient (Wildman–Crippen LogP) is 3.12. The highest BCUT2D eigenvalue weighted by atomic mass is 16.6. The lowest BCUT2D eigenvalue weighted by Gasteiger charge is -2.07. The summed E-state index contributed by atoms with van der Waals surface area (Å²) in [5.74, 6) is 0.499. The fourth-order valence-corrected chi connectivity index (χ4v) is 1.96. The second-order valence-corrected chi connectivity index (χ2v) is 4.41. The maximum atomic E-state index is 10.6. The Morgan fingerprint density at radius 2 is 1.81 bits per heavy atom. The minimum Gasteiger partial charge on any atom is -0.472 e. The maximum Gasteiger partial charge on any atom is 0.269 e. The lowest BCUT2D eigenvalue weighted by atomic mass is 10.2. The van der Waals surface area contributed by atoms with Gasteiger partial charge in [0.15, 0.2) is 0 Å². The van der Waals surface area contributed by atoms with E-state index in [0.29, 0.717) is 12.5 Å². The van der Waals surface area contributed by atoms with Gasteiger partial charge in [0.2, 0.25) is 5.88 Å². The summed E-state index contributed by atoms with van der Waals surface area (Å²) in [7, 11) is 0. The molecule has 0 aliphatic rings. The zero-order valence-corrected chi connectivity index (χ0v) is 11.0. The first kappa shape index (κ1) is 13.0. The van der Waals surface area contributed by atoms with E-state index in [0.717, 1.165) is 16.5 Å². The number of nitro groups is 1. The van der Waals surface area contributed by atoms with E-state index in [2.05, 4.69) is 9.97 Å². The summed E-state index contributed by atoms with van der Waals surface area (Å²) in [4.78, 5) is 18.5. The molecule has 0 amide bonds. The van der Waals surface area contributed by atoms with Gasteiger partial charge in [0, 0.05) is 12.1 Å². The molecule has 104 valence electrons. The van der Waals surface area contributed by atoms with Crippen LogP contribution in [0.5, 0.6) is 5.88 Å². The van der Waals surface area contributed by atoms with Crippen molar-refractivity contribution in [1.29, 1.82) is 0 Å². The standard InChI is InChI=1S/C15H11N3O3/c19-18(20)12-7-5-11(6-8-12)9-21-15-13-3-1-2-4-14(13)16-10-17-15/h1-8,10H,9H2. The number of nitrogens with zero attached hydrogens (tertiary/aromatic N) is 3. The molecule has 21 heavy (non-hydrogen) atoms. The van der Waals surface area contributed by atoms with Crippen LogP contribution in [0.1, 0.15) is 5.56 Å². The monoisotopic (exact) mass is 281 g/mol. The van der Waals surface area contributed by atoms with Gasteiger partial charge < -0.3 is 4.74 Å². The number of fused-ring (bicyclic) bond motifs is 1. The lowest BCUT2D eigenvalue weighted by molar-refractivity contribution is -0.384. The zero-order valence-electron chi connectivity index (χ0n) is 11.0. The molecule has 0 aliphatic carbocycles. The molecule has 0 aliphatic heterocycles. The number of ether oxygens (including phenoxy) is 1. The summed E-state index contributed by atoms with van der Waals surface area (Å²) < 4.78 is 5.68. The Balaban J connectivity index is 1.79. The number of nitro benzene ring substituents is 1. The smallest absolute Gasteiger partial charge is 0.269 e. The third-order valence-electron chi connectivity index (χ3n) is 3.03. The zero-order chi connectivity index (χ0) is 14.7. The number of hydrogen-bond acceptors (Lipinski definition) is 5. The van der Waals surface area contributed by atoms with E-state index in [1.165, 1.54) is 18.5 Å². The largest absolute Gasteiger partial charge is 0.472 e. The van der Waals surface area contributed by atoms with Crippen LogP contribution >= 0.6 is 0 Å². The molecular formula is C15H11N3O3. The Hall–Kier alpha value is -3.02. The fourth-order valence-electron chi connectivity index (χ4n) is 1.96. The van der Waals surface area contributed by atoms with Crippen molar-refractivity contribution in [3.8, 4) is 5.88 Å². The number of rotatable bonds is 4. The average molecular weight is 281 g/mol. The van der Waals surface area contributed by atoms with Gasteiger partial charge in [-0.1, -0.05) is 12.1 Å². The average Bonchev–Trinajstić information content (AvgIpc) is 2.53. The Morgan fingerprint density at radius 3 is 2.57 bits per heavy atom. The minimum atomic E-state index is -0.428. The SMILES string of the molecule is O=[N+]([O-])c1ccc(COc2ncnc3ccccc23)cc1. The van der Waals surface area contributed by atoms with Crippen LogP contribution in [-0.2, 0) is 6.61 Å². The molecule has 0 atom stereocenters. The van der Waals surface area contributed by atoms with Gasteiger partial charge in [0.25, 0.3) is 5.69 Å². The fraction of sp³-hybridized carbons (Fsp3) is 0.0667. The summed E-state index contributed by atoms with van der Waals surface area (Å²) in [6, 6.07) is 13.8. The molecule has 0 radical (unpaired) electrons. The Bertz CT molecular complexity index is 782. The predicted molar refractivity (Wildman–Crippen MR) is 77.0 cm³/mol. The molecular weight excluding hydrogens is 270 g/mol. The second kappa shape index (κ2) is 5.54. The van der Waals surface area contributed by atoms with Crippen molar-refractivity contribution in [3.05, 3.63) is 70.5 Å². The van der Waals surface area contributed by atoms with Crippen molar-refractivity contribution in [2.24, 2.45) is 0 Å². The molecule has 0 unspecified atom stereocenters. The lowest BCUT2D eigenvalue weighted by Crippen LogP contribution is -1.99. The molecule has 0 spiro atoms. The van der Waals surface area contributed by atoms with Crippen molar-refractivity contribution >= 4 is 16.6 Å². The Labute approximate surface area is 120 Å². The summed E-state index contributed by atoms with van der Waals surface area (Å²) in [6.45, 7) is 0.291. The van der Waals surface area contributed by atoms with E-state index in [1.54, 1.807) is 12.1 Å². The highest BCUT2D eigenvalue weighted by Crippen LogP contribution is 2.21. The molecule has 6 nitrogen and oxygen atoms in total. The third-order valence-corrected chi connectivity index (χ3v) is 3.03. The summed E-state index contributed by atoms with van der Waals surface area (Å²) >= 11 is 0. The van der Waals surface area contributed by atoms with Gasteiger partial charge in [-0.05, 0) is 29.8 Å². The molecule has 0 N–H and O–H groups in total. The molecule has 2 aromatic carbocycles. The Kier molecular flexibility index (Phi) is 3.42. The second-order valence-electron chi connectivity index (χ2n) is 4.41. The van der Waals surface area contributed by atoms with Crippen LogP contribution in [0.2, 0.25) is 0 Å². The first-order valence-corrected chi connectivity index (χ1v) is 6.30. The van der Waals surface area contributed by atoms with E-state index < -0.39 is 4.92 Å². The first-order valence-electron chi connectivity index (χ1n) is 6.30. The van der Waals surface area contributed by atoms with E-state index in [1.807, 2.05) is 24.3 Å². The van der Waals surface area contributed by atoms with E-state index >= 15 is 0 Å². The van der Waals surface area contributed by atoms with Crippen LogP contribution in [-0.4, -0.2) is 14.9 Å². The molecule has 0 bridgehead atoms. The van der Waals surface area contributed by atoms with Gasteiger partial charge in [-0.3, -0.25) is 10.1 Å². The van der Waals surface area contributed by atoms with Crippen LogP contribution in [0.4, 0.5) is 5.69 Å². The van der Waals surface area contributed by atoms with Crippen molar-refractivity contribution in [2.75, 3.05) is 0 Å². The van der Waals surface area contributed by atoms with Crippen LogP contribution in [0, 0.1) is 10.1 Å². The number of benzene rings is 2. The topological polar surface area (TPSA) is 78.2 Å².